The van der Waals surface area contributed by atoms with E-state index in [4.69, 9.17) is 19.3 Å². The Kier molecular flexibility index (Phi) is 4.91. The Bertz CT molecular complexity index is 880. The maximum absolute atomic E-state index is 11.7. The lowest BCUT2D eigenvalue weighted by Crippen LogP contribution is -2.65. The van der Waals surface area contributed by atoms with Gasteiger partial charge in [-0.25, -0.2) is 0 Å². The molecule has 0 saturated carbocycles. The van der Waals surface area contributed by atoms with Crippen LogP contribution >= 0.6 is 0 Å². The van der Waals surface area contributed by atoms with Crippen LogP contribution in [0.5, 0.6) is 11.5 Å². The van der Waals surface area contributed by atoms with E-state index in [-0.39, 0.29) is 29.4 Å². The number of benzene rings is 1. The Morgan fingerprint density at radius 3 is 2.66 bits per heavy atom. The zero-order valence-electron chi connectivity index (χ0n) is 17.2. The van der Waals surface area contributed by atoms with Gasteiger partial charge in [0.15, 0.2) is 17.6 Å². The van der Waals surface area contributed by atoms with Gasteiger partial charge in [0.05, 0.1) is 0 Å². The molecular formula is C22H27NO6. The Balaban J connectivity index is 0.000000994. The van der Waals surface area contributed by atoms with Crippen molar-refractivity contribution in [1.82, 2.24) is 4.90 Å². The molecular weight excluding hydrogens is 374 g/mol. The van der Waals surface area contributed by atoms with E-state index in [1.807, 2.05) is 12.1 Å². The van der Waals surface area contributed by atoms with Crippen LogP contribution in [0.25, 0.3) is 0 Å². The third-order valence-electron chi connectivity index (χ3n) is 6.67. The van der Waals surface area contributed by atoms with Crippen LogP contribution in [0.15, 0.2) is 24.3 Å². The van der Waals surface area contributed by atoms with Crippen LogP contribution in [-0.4, -0.2) is 60.9 Å². The highest BCUT2D eigenvalue weighted by atomic mass is 16.6. The number of piperidine rings is 1. The third kappa shape index (κ3) is 2.79. The van der Waals surface area contributed by atoms with E-state index >= 15 is 0 Å². The van der Waals surface area contributed by atoms with Gasteiger partial charge in [-0.1, -0.05) is 12.1 Å². The van der Waals surface area contributed by atoms with E-state index in [1.165, 1.54) is 19.4 Å². The summed E-state index contributed by atoms with van der Waals surface area (Å²) in [4.78, 5) is 25.7. The van der Waals surface area contributed by atoms with Gasteiger partial charge in [0.1, 0.15) is 6.10 Å². The molecule has 2 heterocycles. The predicted octanol–water partition coefficient (Wildman–Crippen LogP) is 1.60. The summed E-state index contributed by atoms with van der Waals surface area (Å²) < 4.78 is 17.5. The normalized spacial score (nSPS) is 33.0. The van der Waals surface area contributed by atoms with Crippen molar-refractivity contribution in [3.63, 3.8) is 0 Å². The zero-order chi connectivity index (χ0) is 20.9. The molecule has 4 aliphatic rings. The van der Waals surface area contributed by atoms with Gasteiger partial charge in [-0.3, -0.25) is 9.59 Å². The molecule has 7 heteroatoms. The van der Waals surface area contributed by atoms with E-state index < -0.39 is 6.10 Å². The van der Waals surface area contributed by atoms with E-state index in [0.717, 1.165) is 32.1 Å². The lowest BCUT2D eigenvalue weighted by Gasteiger charge is -2.56. The number of esters is 2. The summed E-state index contributed by atoms with van der Waals surface area (Å²) in [5.74, 6) is 0.712. The van der Waals surface area contributed by atoms with Gasteiger partial charge < -0.3 is 24.2 Å². The van der Waals surface area contributed by atoms with Crippen LogP contribution in [0.4, 0.5) is 0 Å². The van der Waals surface area contributed by atoms with Crippen LogP contribution in [0.3, 0.4) is 0 Å². The van der Waals surface area contributed by atoms with Gasteiger partial charge in [0.2, 0.25) is 0 Å². The molecule has 1 fully saturated rings. The number of nitrogens with zero attached hydrogens (tertiary/aromatic N) is 1. The number of carbonyl (C=O) groups is 2. The molecule has 7 nitrogen and oxygen atoms in total. The van der Waals surface area contributed by atoms with Crippen molar-refractivity contribution in [2.75, 3.05) is 20.7 Å². The molecule has 1 N–H and O–H groups in total. The van der Waals surface area contributed by atoms with Crippen molar-refractivity contribution >= 4 is 11.9 Å². The summed E-state index contributed by atoms with van der Waals surface area (Å²) in [7, 11) is 3.17. The van der Waals surface area contributed by atoms with Crippen molar-refractivity contribution in [3.8, 4) is 11.5 Å². The highest BCUT2D eigenvalue weighted by Crippen LogP contribution is 2.62. The van der Waals surface area contributed by atoms with Gasteiger partial charge >= 0.3 is 11.9 Å². The first-order chi connectivity index (χ1) is 13.9. The Labute approximate surface area is 170 Å². The highest BCUT2D eigenvalue weighted by molar-refractivity contribution is 5.73. The fourth-order valence-electron chi connectivity index (χ4n) is 5.74. The summed E-state index contributed by atoms with van der Waals surface area (Å²) in [6, 6.07) is 4.28. The Morgan fingerprint density at radius 1 is 1.21 bits per heavy atom. The lowest BCUT2D eigenvalue weighted by atomic mass is 9.53. The molecule has 2 aliphatic carbocycles. The lowest BCUT2D eigenvalue weighted by molar-refractivity contribution is -0.152. The largest absolute Gasteiger partial charge is 0.481 e. The van der Waals surface area contributed by atoms with Crippen LogP contribution in [0.1, 0.15) is 31.4 Å². The van der Waals surface area contributed by atoms with Crippen molar-refractivity contribution in [2.24, 2.45) is 5.92 Å². The molecule has 5 rings (SSSR count). The molecule has 1 saturated heterocycles. The first-order valence-electron chi connectivity index (χ1n) is 9.94. The minimum absolute atomic E-state index is 0.245. The quantitative estimate of drug-likeness (QED) is 0.458. The number of carbonyl (C=O) groups excluding carboxylic acids is 2. The average molecular weight is 401 g/mol. The molecule has 0 radical (unpaired) electrons. The maximum Gasteiger partial charge on any atom is 0.308 e. The van der Waals surface area contributed by atoms with Crippen molar-refractivity contribution in [1.29, 1.82) is 0 Å². The SMILES string of the molecule is CC(=O)Oc1ccc2c3c1O[C@H]1[C@@H](OC(C)=O)C=C[C@H]4[C@@H](C2)N(C)CC[C@@]341.CO. The number of ether oxygens (including phenoxy) is 3. The minimum atomic E-state index is -0.439. The zero-order valence-corrected chi connectivity index (χ0v) is 17.2. The molecule has 29 heavy (non-hydrogen) atoms. The second-order valence-corrected chi connectivity index (χ2v) is 8.09. The highest BCUT2D eigenvalue weighted by Gasteiger charge is 2.65. The van der Waals surface area contributed by atoms with Crippen LogP contribution in [0, 0.1) is 5.92 Å². The number of aliphatic hydroxyl groups is 1. The number of hydrogen-bond acceptors (Lipinski definition) is 7. The molecule has 5 atom stereocenters. The van der Waals surface area contributed by atoms with Gasteiger partial charge in [-0.05, 0) is 44.1 Å². The second-order valence-electron chi connectivity index (χ2n) is 8.09. The molecule has 2 aliphatic heterocycles. The maximum atomic E-state index is 11.7. The van der Waals surface area contributed by atoms with E-state index in [9.17, 15) is 9.59 Å². The molecule has 1 aromatic rings. The Morgan fingerprint density at radius 2 is 1.97 bits per heavy atom. The molecule has 1 aromatic carbocycles. The molecule has 0 aromatic heterocycles. The van der Waals surface area contributed by atoms with Gasteiger partial charge in [-0.15, -0.1) is 0 Å². The second kappa shape index (κ2) is 7.15. The molecule has 1 spiro atoms. The smallest absolute Gasteiger partial charge is 0.308 e. The first kappa shape index (κ1) is 19.9. The molecule has 0 amide bonds. The van der Waals surface area contributed by atoms with Gasteiger partial charge in [0.25, 0.3) is 0 Å². The minimum Gasteiger partial charge on any atom is -0.481 e. The topological polar surface area (TPSA) is 85.3 Å². The number of aliphatic hydroxyl groups excluding tert-OH is 1. The number of likely N-dealkylation sites (tertiary alicyclic amines) is 1. The number of rotatable bonds is 2. The van der Waals surface area contributed by atoms with Crippen molar-refractivity contribution in [2.45, 2.75) is 50.4 Å². The average Bonchev–Trinajstić information content (AvgIpc) is 3.03. The fraction of sp³-hybridized carbons (Fsp3) is 0.545. The number of likely N-dealkylation sites (N-methyl/N-ethyl adjacent to an activating group) is 1. The van der Waals surface area contributed by atoms with Gasteiger partial charge in [-0.2, -0.15) is 0 Å². The van der Waals surface area contributed by atoms with E-state index in [0.29, 0.717) is 17.5 Å². The fourth-order valence-corrected chi connectivity index (χ4v) is 5.74. The molecule has 156 valence electrons. The van der Waals surface area contributed by atoms with Crippen molar-refractivity contribution in [3.05, 3.63) is 35.4 Å². The summed E-state index contributed by atoms with van der Waals surface area (Å²) in [6.45, 7) is 3.77. The Hall–Kier alpha value is -2.38. The monoisotopic (exact) mass is 401 g/mol. The van der Waals surface area contributed by atoms with Gasteiger partial charge in [0, 0.05) is 43.9 Å². The standard InChI is InChI=1S/C21H23NO5.CH4O/c1-11(23)25-16-6-4-13-10-15-14-5-7-17(26-12(2)24)20-21(14,8-9-22(15)3)18(13)19(16)27-20;1-2/h4-7,14-15,17,20H,8-10H2,1-3H3;2H,1H3/t14-,15+,17-,20-,21-;/m0./s1. The van der Waals surface area contributed by atoms with Crippen LogP contribution < -0.4 is 9.47 Å². The van der Waals surface area contributed by atoms with Crippen molar-refractivity contribution < 1.29 is 28.9 Å². The summed E-state index contributed by atoms with van der Waals surface area (Å²) in [6.07, 6.45) is 5.31. The summed E-state index contributed by atoms with van der Waals surface area (Å²) in [5, 5.41) is 7.00. The summed E-state index contributed by atoms with van der Waals surface area (Å²) >= 11 is 0. The van der Waals surface area contributed by atoms with E-state index in [1.54, 1.807) is 0 Å². The first-order valence-corrected chi connectivity index (χ1v) is 9.94. The third-order valence-corrected chi connectivity index (χ3v) is 6.67. The predicted molar refractivity (Wildman–Crippen MR) is 105 cm³/mol. The number of hydrogen-bond donors (Lipinski definition) is 1. The molecule has 2 bridgehead atoms. The van der Waals surface area contributed by atoms with Crippen LogP contribution in [0.2, 0.25) is 0 Å². The van der Waals surface area contributed by atoms with Crippen LogP contribution in [-0.2, 0) is 26.2 Å². The van der Waals surface area contributed by atoms with E-state index in [2.05, 4.69) is 24.1 Å². The molecule has 0 unspecified atom stereocenters. The summed E-state index contributed by atoms with van der Waals surface area (Å²) in [5.41, 5.74) is 2.15.